The number of hydrogen-bond acceptors (Lipinski definition) is 3. The standard InChI is InChI=1S/C18H19FN2O2/c1-3-14-4-10-17(11-5-14)23-12-18(22)21-20-13(2)15-6-8-16(19)9-7-15/h4-11H,3,12H2,1-2H3,(H,21,22)/b20-13+. The van der Waals surface area contributed by atoms with Crippen LogP contribution in [0, 0.1) is 5.82 Å². The van der Waals surface area contributed by atoms with Crippen molar-refractivity contribution < 1.29 is 13.9 Å². The van der Waals surface area contributed by atoms with Crippen LogP contribution in [-0.2, 0) is 11.2 Å². The first kappa shape index (κ1) is 16.7. The summed E-state index contributed by atoms with van der Waals surface area (Å²) >= 11 is 0. The molecule has 0 aromatic heterocycles. The van der Waals surface area contributed by atoms with Crippen LogP contribution < -0.4 is 10.2 Å². The summed E-state index contributed by atoms with van der Waals surface area (Å²) in [7, 11) is 0. The summed E-state index contributed by atoms with van der Waals surface area (Å²) in [6, 6.07) is 13.5. The van der Waals surface area contributed by atoms with Gasteiger partial charge in [-0.25, -0.2) is 9.82 Å². The number of ether oxygens (including phenoxy) is 1. The SMILES string of the molecule is CCc1ccc(OCC(=O)N/N=C(\C)c2ccc(F)cc2)cc1. The third kappa shape index (κ3) is 5.21. The van der Waals surface area contributed by atoms with Crippen LogP contribution in [0.5, 0.6) is 5.75 Å². The lowest BCUT2D eigenvalue weighted by atomic mass is 10.1. The van der Waals surface area contributed by atoms with Crippen LogP contribution in [-0.4, -0.2) is 18.2 Å². The monoisotopic (exact) mass is 314 g/mol. The first-order chi connectivity index (χ1) is 11.1. The molecule has 0 radical (unpaired) electrons. The van der Waals surface area contributed by atoms with Gasteiger partial charge < -0.3 is 4.74 Å². The Balaban J connectivity index is 1.84. The minimum Gasteiger partial charge on any atom is -0.484 e. The van der Waals surface area contributed by atoms with E-state index in [0.29, 0.717) is 11.5 Å². The van der Waals surface area contributed by atoms with Gasteiger partial charge in [0.15, 0.2) is 6.61 Å². The molecule has 5 heteroatoms. The highest BCUT2D eigenvalue weighted by atomic mass is 19.1. The molecule has 0 saturated carbocycles. The summed E-state index contributed by atoms with van der Waals surface area (Å²) < 4.78 is 18.2. The minimum atomic E-state index is -0.356. The lowest BCUT2D eigenvalue weighted by Crippen LogP contribution is -2.25. The van der Waals surface area contributed by atoms with Gasteiger partial charge in [0, 0.05) is 0 Å². The number of amides is 1. The van der Waals surface area contributed by atoms with E-state index in [2.05, 4.69) is 17.5 Å². The Labute approximate surface area is 135 Å². The number of nitrogens with zero attached hydrogens (tertiary/aromatic N) is 1. The zero-order chi connectivity index (χ0) is 16.7. The second-order valence-electron chi connectivity index (χ2n) is 5.03. The average Bonchev–Trinajstić information content (AvgIpc) is 2.59. The van der Waals surface area contributed by atoms with E-state index in [-0.39, 0.29) is 18.3 Å². The normalized spacial score (nSPS) is 11.2. The molecule has 2 aromatic rings. The summed E-state index contributed by atoms with van der Waals surface area (Å²) in [4.78, 5) is 11.7. The van der Waals surface area contributed by atoms with Gasteiger partial charge in [0.2, 0.25) is 0 Å². The second kappa shape index (κ2) is 8.08. The number of carbonyl (C=O) groups excluding carboxylic acids is 1. The Morgan fingerprint density at radius 2 is 1.78 bits per heavy atom. The molecule has 0 saturated heterocycles. The number of aryl methyl sites for hydroxylation is 1. The molecule has 1 amide bonds. The molecule has 4 nitrogen and oxygen atoms in total. The second-order valence-corrected chi connectivity index (χ2v) is 5.03. The highest BCUT2D eigenvalue weighted by molar-refractivity contribution is 5.99. The lowest BCUT2D eigenvalue weighted by molar-refractivity contribution is -0.123. The molecule has 0 aliphatic carbocycles. The van der Waals surface area contributed by atoms with Crippen LogP contribution in [0.3, 0.4) is 0 Å². The van der Waals surface area contributed by atoms with Crippen molar-refractivity contribution in [1.29, 1.82) is 0 Å². The molecule has 0 atom stereocenters. The maximum atomic E-state index is 12.8. The van der Waals surface area contributed by atoms with Crippen LogP contribution in [0.15, 0.2) is 53.6 Å². The number of carbonyl (C=O) groups is 1. The third-order valence-corrected chi connectivity index (χ3v) is 3.31. The van der Waals surface area contributed by atoms with Crippen molar-refractivity contribution in [3.05, 3.63) is 65.5 Å². The molecule has 0 bridgehead atoms. The molecule has 0 fully saturated rings. The van der Waals surface area contributed by atoms with Crippen LogP contribution in [0.1, 0.15) is 25.0 Å². The van der Waals surface area contributed by atoms with Gasteiger partial charge in [0.1, 0.15) is 11.6 Å². The molecule has 0 aliphatic heterocycles. The topological polar surface area (TPSA) is 50.7 Å². The average molecular weight is 314 g/mol. The first-order valence-electron chi connectivity index (χ1n) is 7.39. The van der Waals surface area contributed by atoms with Gasteiger partial charge in [0.25, 0.3) is 5.91 Å². The molecular weight excluding hydrogens is 295 g/mol. The quantitative estimate of drug-likeness (QED) is 0.657. The van der Waals surface area contributed by atoms with Crippen LogP contribution in [0.25, 0.3) is 0 Å². The largest absolute Gasteiger partial charge is 0.484 e. The lowest BCUT2D eigenvalue weighted by Gasteiger charge is -2.06. The van der Waals surface area contributed by atoms with Gasteiger partial charge in [0.05, 0.1) is 5.71 Å². The smallest absolute Gasteiger partial charge is 0.277 e. The Bertz CT molecular complexity index is 679. The zero-order valence-corrected chi connectivity index (χ0v) is 13.2. The van der Waals surface area contributed by atoms with E-state index in [1.165, 1.54) is 17.7 Å². The van der Waals surface area contributed by atoms with E-state index in [1.54, 1.807) is 19.1 Å². The van der Waals surface area contributed by atoms with Crippen molar-refractivity contribution in [2.75, 3.05) is 6.61 Å². The van der Waals surface area contributed by atoms with E-state index >= 15 is 0 Å². The maximum absolute atomic E-state index is 12.8. The summed E-state index contributed by atoms with van der Waals surface area (Å²) in [5.74, 6) is -0.0318. The van der Waals surface area contributed by atoms with Crippen molar-refractivity contribution >= 4 is 11.6 Å². The first-order valence-corrected chi connectivity index (χ1v) is 7.39. The van der Waals surface area contributed by atoms with Gasteiger partial charge in [-0.05, 0) is 48.7 Å². The van der Waals surface area contributed by atoms with Gasteiger partial charge in [-0.3, -0.25) is 4.79 Å². The van der Waals surface area contributed by atoms with E-state index in [9.17, 15) is 9.18 Å². The van der Waals surface area contributed by atoms with E-state index in [0.717, 1.165) is 12.0 Å². The molecule has 23 heavy (non-hydrogen) atoms. The number of rotatable bonds is 6. The van der Waals surface area contributed by atoms with Gasteiger partial charge in [-0.2, -0.15) is 5.10 Å². The summed E-state index contributed by atoms with van der Waals surface area (Å²) in [6.07, 6.45) is 0.956. The highest BCUT2D eigenvalue weighted by Crippen LogP contribution is 2.12. The number of nitrogens with one attached hydrogen (secondary N) is 1. The van der Waals surface area contributed by atoms with Gasteiger partial charge in [-0.15, -0.1) is 0 Å². The number of hydrogen-bond donors (Lipinski definition) is 1. The van der Waals surface area contributed by atoms with E-state index in [4.69, 9.17) is 4.74 Å². The Hall–Kier alpha value is -2.69. The third-order valence-electron chi connectivity index (χ3n) is 3.31. The predicted octanol–water partition coefficient (Wildman–Crippen LogP) is 3.31. The molecule has 0 aliphatic rings. The fourth-order valence-electron chi connectivity index (χ4n) is 1.90. The van der Waals surface area contributed by atoms with Crippen molar-refractivity contribution in [1.82, 2.24) is 5.43 Å². The summed E-state index contributed by atoms with van der Waals surface area (Å²) in [6.45, 7) is 3.69. The van der Waals surface area contributed by atoms with E-state index in [1.807, 2.05) is 24.3 Å². The molecular formula is C18H19FN2O2. The van der Waals surface area contributed by atoms with Crippen LogP contribution in [0.4, 0.5) is 4.39 Å². The van der Waals surface area contributed by atoms with Crippen molar-refractivity contribution in [3.63, 3.8) is 0 Å². The van der Waals surface area contributed by atoms with Crippen molar-refractivity contribution in [3.8, 4) is 5.75 Å². The van der Waals surface area contributed by atoms with Crippen LogP contribution >= 0.6 is 0 Å². The van der Waals surface area contributed by atoms with E-state index < -0.39 is 0 Å². The molecule has 1 N–H and O–H groups in total. The van der Waals surface area contributed by atoms with Crippen molar-refractivity contribution in [2.24, 2.45) is 5.10 Å². The fraction of sp³-hybridized carbons (Fsp3) is 0.222. The Morgan fingerprint density at radius 3 is 2.39 bits per heavy atom. The van der Waals surface area contributed by atoms with Gasteiger partial charge in [-0.1, -0.05) is 31.2 Å². The fourth-order valence-corrected chi connectivity index (χ4v) is 1.90. The molecule has 0 heterocycles. The number of halogens is 1. The van der Waals surface area contributed by atoms with Crippen LogP contribution in [0.2, 0.25) is 0 Å². The summed E-state index contributed by atoms with van der Waals surface area (Å²) in [5.41, 5.74) is 4.96. The molecule has 0 spiro atoms. The van der Waals surface area contributed by atoms with Gasteiger partial charge >= 0.3 is 0 Å². The highest BCUT2D eigenvalue weighted by Gasteiger charge is 2.03. The number of benzene rings is 2. The molecule has 2 rings (SSSR count). The zero-order valence-electron chi connectivity index (χ0n) is 13.2. The maximum Gasteiger partial charge on any atom is 0.277 e. The van der Waals surface area contributed by atoms with Crippen molar-refractivity contribution in [2.45, 2.75) is 20.3 Å². The minimum absolute atomic E-state index is 0.119. The molecule has 2 aromatic carbocycles. The molecule has 0 unspecified atom stereocenters. The number of hydrazone groups is 1. The Kier molecular flexibility index (Phi) is 5.86. The summed E-state index contributed by atoms with van der Waals surface area (Å²) in [5, 5.41) is 3.98. The predicted molar refractivity (Wildman–Crippen MR) is 88.1 cm³/mol. The Morgan fingerprint density at radius 1 is 1.13 bits per heavy atom. The molecule has 120 valence electrons.